The molecule has 1 aromatic carbocycles. The zero-order valence-corrected chi connectivity index (χ0v) is 15.8. The summed E-state index contributed by atoms with van der Waals surface area (Å²) in [5.74, 6) is -0.598. The van der Waals surface area contributed by atoms with Gasteiger partial charge in [-0.2, -0.15) is 0 Å². The van der Waals surface area contributed by atoms with Gasteiger partial charge in [-0.25, -0.2) is 0 Å². The van der Waals surface area contributed by atoms with Crippen LogP contribution in [0.3, 0.4) is 0 Å². The molecule has 1 aliphatic heterocycles. The molecule has 138 valence electrons. The normalized spacial score (nSPS) is 15.5. The van der Waals surface area contributed by atoms with Crippen LogP contribution in [0.15, 0.2) is 12.1 Å². The highest BCUT2D eigenvalue weighted by molar-refractivity contribution is 6.42. The van der Waals surface area contributed by atoms with Gasteiger partial charge in [-0.15, -0.1) is 0 Å². The number of aliphatic carboxylic acids is 1. The summed E-state index contributed by atoms with van der Waals surface area (Å²) in [6.07, 6.45) is 1.47. The lowest BCUT2D eigenvalue weighted by molar-refractivity contribution is -0.139. The van der Waals surface area contributed by atoms with Crippen LogP contribution in [0.2, 0.25) is 10.0 Å². The minimum atomic E-state index is -0.833. The molecule has 25 heavy (non-hydrogen) atoms. The number of nitrogens with zero attached hydrogens (tertiary/aromatic N) is 2. The highest BCUT2D eigenvalue weighted by Crippen LogP contribution is 2.32. The van der Waals surface area contributed by atoms with Gasteiger partial charge in [0.1, 0.15) is 5.75 Å². The van der Waals surface area contributed by atoms with Crippen LogP contribution in [-0.4, -0.2) is 66.1 Å². The first-order valence-electron chi connectivity index (χ1n) is 8.15. The van der Waals surface area contributed by atoms with Crippen LogP contribution in [0.25, 0.3) is 0 Å². The molecule has 1 N–H and O–H groups in total. The third kappa shape index (κ3) is 4.77. The van der Waals surface area contributed by atoms with Crippen LogP contribution in [0, 0.1) is 0 Å². The minimum Gasteiger partial charge on any atom is -0.496 e. The minimum absolute atomic E-state index is 0.0235. The number of amides is 1. The van der Waals surface area contributed by atoms with E-state index < -0.39 is 5.97 Å². The van der Waals surface area contributed by atoms with Crippen molar-refractivity contribution in [2.45, 2.75) is 25.8 Å². The van der Waals surface area contributed by atoms with Crippen molar-refractivity contribution in [1.82, 2.24) is 9.80 Å². The highest BCUT2D eigenvalue weighted by Gasteiger charge is 2.29. The van der Waals surface area contributed by atoms with Crippen LogP contribution in [0.4, 0.5) is 0 Å². The Morgan fingerprint density at radius 1 is 1.28 bits per heavy atom. The Morgan fingerprint density at radius 3 is 2.40 bits per heavy atom. The predicted octanol–water partition coefficient (Wildman–Crippen LogP) is 3.01. The predicted molar refractivity (Wildman–Crippen MR) is 96.8 cm³/mol. The number of likely N-dealkylation sites (tertiary alicyclic amines) is 1. The number of ether oxygens (including phenoxy) is 1. The number of carbonyl (C=O) groups is 2. The van der Waals surface area contributed by atoms with Gasteiger partial charge in [0.2, 0.25) is 0 Å². The lowest BCUT2D eigenvalue weighted by atomic mass is 10.0. The van der Waals surface area contributed by atoms with E-state index in [1.807, 2.05) is 11.8 Å². The van der Waals surface area contributed by atoms with E-state index in [0.29, 0.717) is 41.0 Å². The molecule has 1 heterocycles. The molecular formula is C17H22Cl2N2O4. The van der Waals surface area contributed by atoms with Crippen LogP contribution in [0.5, 0.6) is 5.75 Å². The number of methoxy groups -OCH3 is 1. The molecule has 0 spiro atoms. The Morgan fingerprint density at radius 2 is 1.88 bits per heavy atom. The third-order valence-corrected chi connectivity index (χ3v) is 5.21. The summed E-state index contributed by atoms with van der Waals surface area (Å²) in [5, 5.41) is 9.64. The number of carboxylic acids is 1. The summed E-state index contributed by atoms with van der Waals surface area (Å²) in [6, 6.07) is 3.23. The number of piperidine rings is 1. The average molecular weight is 389 g/mol. The maximum absolute atomic E-state index is 12.8. The molecule has 0 aliphatic carbocycles. The molecular weight excluding hydrogens is 367 g/mol. The fourth-order valence-corrected chi connectivity index (χ4v) is 3.46. The SMILES string of the molecule is CCN(CC(=O)O)C1CCN(C(=O)c2cc(Cl)c(Cl)cc2OC)CC1. The van der Waals surface area contributed by atoms with E-state index in [0.717, 1.165) is 12.8 Å². The molecule has 6 nitrogen and oxygen atoms in total. The summed E-state index contributed by atoms with van der Waals surface area (Å²) in [4.78, 5) is 27.4. The fourth-order valence-electron chi connectivity index (χ4n) is 3.14. The molecule has 8 heteroatoms. The molecule has 1 aliphatic rings. The number of carbonyl (C=O) groups excluding carboxylic acids is 1. The number of carboxylic acid groups (broad SMARTS) is 1. The molecule has 0 bridgehead atoms. The zero-order valence-electron chi connectivity index (χ0n) is 14.3. The van der Waals surface area contributed by atoms with Crippen LogP contribution < -0.4 is 4.74 Å². The molecule has 0 unspecified atom stereocenters. The number of hydrogen-bond donors (Lipinski definition) is 1. The summed E-state index contributed by atoms with van der Waals surface area (Å²) < 4.78 is 5.25. The Kier molecular flexibility index (Phi) is 6.93. The molecule has 0 aromatic heterocycles. The Bertz CT molecular complexity index is 646. The van der Waals surface area contributed by atoms with Crippen molar-refractivity contribution in [3.63, 3.8) is 0 Å². The van der Waals surface area contributed by atoms with Crippen molar-refractivity contribution in [1.29, 1.82) is 0 Å². The number of rotatable bonds is 6. The highest BCUT2D eigenvalue weighted by atomic mass is 35.5. The second kappa shape index (κ2) is 8.74. The largest absolute Gasteiger partial charge is 0.496 e. The van der Waals surface area contributed by atoms with Gasteiger partial charge >= 0.3 is 5.97 Å². The third-order valence-electron chi connectivity index (χ3n) is 4.49. The summed E-state index contributed by atoms with van der Waals surface area (Å²) in [7, 11) is 1.48. The van der Waals surface area contributed by atoms with Gasteiger partial charge < -0.3 is 14.7 Å². The van der Waals surface area contributed by atoms with E-state index in [4.69, 9.17) is 33.0 Å². The molecule has 1 aromatic rings. The van der Waals surface area contributed by atoms with Crippen molar-refractivity contribution < 1.29 is 19.4 Å². The monoisotopic (exact) mass is 388 g/mol. The molecule has 0 atom stereocenters. The molecule has 1 saturated heterocycles. The Labute approximate surface area is 157 Å². The number of likely N-dealkylation sites (N-methyl/N-ethyl adjacent to an activating group) is 1. The quantitative estimate of drug-likeness (QED) is 0.810. The fraction of sp³-hybridized carbons (Fsp3) is 0.529. The van der Waals surface area contributed by atoms with Crippen LogP contribution in [-0.2, 0) is 4.79 Å². The van der Waals surface area contributed by atoms with Gasteiger partial charge in [0, 0.05) is 25.2 Å². The van der Waals surface area contributed by atoms with E-state index in [9.17, 15) is 9.59 Å². The zero-order chi connectivity index (χ0) is 18.6. The van der Waals surface area contributed by atoms with Crippen molar-refractivity contribution in [3.05, 3.63) is 27.7 Å². The van der Waals surface area contributed by atoms with E-state index in [2.05, 4.69) is 0 Å². The smallest absolute Gasteiger partial charge is 0.317 e. The first-order valence-corrected chi connectivity index (χ1v) is 8.91. The van der Waals surface area contributed by atoms with Gasteiger partial charge in [0.25, 0.3) is 5.91 Å². The molecule has 0 radical (unpaired) electrons. The Hall–Kier alpha value is -1.50. The van der Waals surface area contributed by atoms with E-state index in [1.54, 1.807) is 4.90 Å². The van der Waals surface area contributed by atoms with Crippen molar-refractivity contribution in [2.75, 3.05) is 33.3 Å². The topological polar surface area (TPSA) is 70.1 Å². The molecule has 1 amide bonds. The van der Waals surface area contributed by atoms with Crippen LogP contribution in [0.1, 0.15) is 30.1 Å². The summed E-state index contributed by atoms with van der Waals surface area (Å²) in [6.45, 7) is 3.76. The standard InChI is InChI=1S/C17H22Cl2N2O4/c1-3-20(10-16(22)23)11-4-6-21(7-5-11)17(24)12-8-13(18)14(19)9-15(12)25-2/h8-9,11H,3-7,10H2,1-2H3,(H,22,23). The first kappa shape index (κ1) is 19.8. The number of halogens is 2. The second-order valence-electron chi connectivity index (χ2n) is 5.95. The van der Waals surface area contributed by atoms with E-state index in [1.165, 1.54) is 19.2 Å². The van der Waals surface area contributed by atoms with E-state index >= 15 is 0 Å². The van der Waals surface area contributed by atoms with Gasteiger partial charge in [-0.05, 0) is 25.5 Å². The summed E-state index contributed by atoms with van der Waals surface area (Å²) in [5.41, 5.74) is 0.383. The van der Waals surface area contributed by atoms with Gasteiger partial charge in [-0.1, -0.05) is 30.1 Å². The average Bonchev–Trinajstić information content (AvgIpc) is 2.61. The lowest BCUT2D eigenvalue weighted by Gasteiger charge is -2.37. The Balaban J connectivity index is 2.07. The van der Waals surface area contributed by atoms with Crippen molar-refractivity contribution in [3.8, 4) is 5.75 Å². The van der Waals surface area contributed by atoms with Crippen LogP contribution >= 0.6 is 23.2 Å². The number of hydrogen-bond acceptors (Lipinski definition) is 4. The van der Waals surface area contributed by atoms with Crippen molar-refractivity contribution in [2.24, 2.45) is 0 Å². The van der Waals surface area contributed by atoms with Crippen molar-refractivity contribution >= 4 is 35.1 Å². The lowest BCUT2D eigenvalue weighted by Crippen LogP contribution is -2.48. The second-order valence-corrected chi connectivity index (χ2v) is 6.76. The molecule has 1 fully saturated rings. The molecule has 0 saturated carbocycles. The first-order chi connectivity index (χ1) is 11.9. The summed E-state index contributed by atoms with van der Waals surface area (Å²) >= 11 is 12.0. The number of benzene rings is 1. The van der Waals surface area contributed by atoms with Gasteiger partial charge in [0.15, 0.2) is 0 Å². The molecule has 2 rings (SSSR count). The van der Waals surface area contributed by atoms with Gasteiger partial charge in [0.05, 0.1) is 29.3 Å². The van der Waals surface area contributed by atoms with Gasteiger partial charge in [-0.3, -0.25) is 14.5 Å². The maximum atomic E-state index is 12.8. The maximum Gasteiger partial charge on any atom is 0.317 e. The van der Waals surface area contributed by atoms with E-state index in [-0.39, 0.29) is 18.5 Å².